The van der Waals surface area contributed by atoms with E-state index in [1.807, 2.05) is 0 Å². The van der Waals surface area contributed by atoms with E-state index >= 15 is 0 Å². The average Bonchev–Trinajstić information content (AvgIpc) is 2.81. The molecule has 0 aromatic heterocycles. The molecule has 0 saturated heterocycles. The van der Waals surface area contributed by atoms with Crippen molar-refractivity contribution in [2.75, 3.05) is 38.4 Å². The molecule has 0 heterocycles. The number of nitrogens with one attached hydrogen (secondary N) is 1. The molecule has 0 aliphatic carbocycles. The number of hydrogen-bond donors (Lipinski definition) is 1. The highest BCUT2D eigenvalue weighted by molar-refractivity contribution is 7.92. The van der Waals surface area contributed by atoms with Crippen molar-refractivity contribution in [1.82, 2.24) is 10.2 Å². The molecule has 33 heavy (non-hydrogen) atoms. The first-order valence-corrected chi connectivity index (χ1v) is 12.2. The quantitative estimate of drug-likeness (QED) is 0.531. The lowest BCUT2D eigenvalue weighted by atomic mass is 10.1. The van der Waals surface area contributed by atoms with Crippen LogP contribution in [0.25, 0.3) is 0 Å². The highest BCUT2D eigenvalue weighted by atomic mass is 32.2. The molecule has 1 atom stereocenters. The molecule has 2 rings (SSSR count). The highest BCUT2D eigenvalue weighted by Gasteiger charge is 2.31. The molecule has 0 aliphatic rings. The number of amides is 2. The number of carbonyl (C=O) groups excluding carboxylic acids is 2. The maximum atomic E-state index is 13.5. The molecular formula is C23H31N3O6S. The van der Waals surface area contributed by atoms with Crippen molar-refractivity contribution in [3.63, 3.8) is 0 Å². The van der Waals surface area contributed by atoms with Crippen LogP contribution >= 0.6 is 0 Å². The average molecular weight is 478 g/mol. The third-order valence-corrected chi connectivity index (χ3v) is 6.31. The van der Waals surface area contributed by atoms with E-state index in [0.717, 1.165) is 16.1 Å². The van der Waals surface area contributed by atoms with E-state index in [2.05, 4.69) is 5.32 Å². The maximum absolute atomic E-state index is 13.5. The summed E-state index contributed by atoms with van der Waals surface area (Å²) in [6.07, 6.45) is 1.39. The number of hydrogen-bond acceptors (Lipinski definition) is 6. The largest absolute Gasteiger partial charge is 0.497 e. The first kappa shape index (κ1) is 26.0. The number of sulfonamides is 1. The molecular weight excluding hydrogens is 446 g/mol. The topological polar surface area (TPSA) is 105 Å². The van der Waals surface area contributed by atoms with Gasteiger partial charge < -0.3 is 19.7 Å². The van der Waals surface area contributed by atoms with Crippen LogP contribution in [0.3, 0.4) is 0 Å². The smallest absolute Gasteiger partial charge is 0.244 e. The van der Waals surface area contributed by atoms with Crippen molar-refractivity contribution in [3.8, 4) is 11.5 Å². The zero-order valence-corrected chi connectivity index (χ0v) is 20.4. The highest BCUT2D eigenvalue weighted by Crippen LogP contribution is 2.24. The second-order valence-electron chi connectivity index (χ2n) is 7.38. The summed E-state index contributed by atoms with van der Waals surface area (Å²) in [5.74, 6) is 0.290. The van der Waals surface area contributed by atoms with Crippen LogP contribution in [0.4, 0.5) is 5.69 Å². The van der Waals surface area contributed by atoms with Gasteiger partial charge in [0.2, 0.25) is 21.8 Å². The number of carbonyl (C=O) groups is 2. The first-order chi connectivity index (χ1) is 15.6. The molecule has 0 saturated carbocycles. The summed E-state index contributed by atoms with van der Waals surface area (Å²) in [4.78, 5) is 27.4. The molecule has 9 nitrogen and oxygen atoms in total. The summed E-state index contributed by atoms with van der Waals surface area (Å²) >= 11 is 0. The fraction of sp³-hybridized carbons (Fsp3) is 0.391. The SMILES string of the molecule is CCC(C(=O)NC)N(Cc1ccc(OC)cc1)C(=O)CN(c1cccc(OC)c1)S(C)(=O)=O. The van der Waals surface area contributed by atoms with Gasteiger partial charge in [0, 0.05) is 19.7 Å². The van der Waals surface area contributed by atoms with Crippen LogP contribution in [0.15, 0.2) is 48.5 Å². The monoisotopic (exact) mass is 477 g/mol. The summed E-state index contributed by atoms with van der Waals surface area (Å²) in [5.41, 5.74) is 1.07. The van der Waals surface area contributed by atoms with Crippen LogP contribution in [0.1, 0.15) is 18.9 Å². The van der Waals surface area contributed by atoms with Crippen molar-refractivity contribution in [1.29, 1.82) is 0 Å². The number of rotatable bonds is 11. The van der Waals surface area contributed by atoms with Crippen LogP contribution in [0.2, 0.25) is 0 Å². The molecule has 2 aromatic rings. The van der Waals surface area contributed by atoms with Crippen molar-refractivity contribution in [2.45, 2.75) is 25.9 Å². The van der Waals surface area contributed by atoms with Gasteiger partial charge in [-0.25, -0.2) is 8.42 Å². The van der Waals surface area contributed by atoms with E-state index in [4.69, 9.17) is 9.47 Å². The first-order valence-electron chi connectivity index (χ1n) is 10.4. The molecule has 2 amide bonds. The van der Waals surface area contributed by atoms with Crippen LogP contribution in [-0.4, -0.2) is 65.2 Å². The van der Waals surface area contributed by atoms with E-state index in [0.29, 0.717) is 23.6 Å². The summed E-state index contributed by atoms with van der Waals surface area (Å²) in [5, 5.41) is 2.58. The molecule has 1 N–H and O–H groups in total. The second kappa shape index (κ2) is 11.6. The molecule has 0 aliphatic heterocycles. The van der Waals surface area contributed by atoms with Gasteiger partial charge in [0.1, 0.15) is 24.1 Å². The molecule has 1 unspecified atom stereocenters. The van der Waals surface area contributed by atoms with Crippen molar-refractivity contribution in [2.24, 2.45) is 0 Å². The fourth-order valence-electron chi connectivity index (χ4n) is 3.39. The Morgan fingerprint density at radius 2 is 1.67 bits per heavy atom. The van der Waals surface area contributed by atoms with Gasteiger partial charge in [-0.2, -0.15) is 0 Å². The molecule has 0 bridgehead atoms. The van der Waals surface area contributed by atoms with E-state index in [1.165, 1.54) is 25.1 Å². The molecule has 0 radical (unpaired) electrons. The van der Waals surface area contributed by atoms with Gasteiger partial charge in [0.05, 0.1) is 26.2 Å². The Labute approximate surface area is 195 Å². The number of anilines is 1. The zero-order valence-electron chi connectivity index (χ0n) is 19.6. The van der Waals surface area contributed by atoms with E-state index < -0.39 is 28.5 Å². The normalized spacial score (nSPS) is 11.9. The summed E-state index contributed by atoms with van der Waals surface area (Å²) < 4.78 is 36.5. The van der Waals surface area contributed by atoms with Crippen LogP contribution in [0, 0.1) is 0 Å². The summed E-state index contributed by atoms with van der Waals surface area (Å²) in [7, 11) is 0.732. The summed E-state index contributed by atoms with van der Waals surface area (Å²) in [6, 6.07) is 12.8. The van der Waals surface area contributed by atoms with Gasteiger partial charge in [-0.1, -0.05) is 25.1 Å². The van der Waals surface area contributed by atoms with Crippen LogP contribution in [-0.2, 0) is 26.2 Å². The van der Waals surface area contributed by atoms with Crippen molar-refractivity contribution in [3.05, 3.63) is 54.1 Å². The Morgan fingerprint density at radius 1 is 1.03 bits per heavy atom. The second-order valence-corrected chi connectivity index (χ2v) is 9.29. The number of methoxy groups -OCH3 is 2. The minimum atomic E-state index is -3.80. The maximum Gasteiger partial charge on any atom is 0.244 e. The predicted molar refractivity (Wildman–Crippen MR) is 127 cm³/mol. The van der Waals surface area contributed by atoms with E-state index in [1.54, 1.807) is 56.5 Å². The van der Waals surface area contributed by atoms with E-state index in [-0.39, 0.29) is 12.5 Å². The fourth-order valence-corrected chi connectivity index (χ4v) is 4.23. The van der Waals surface area contributed by atoms with Crippen LogP contribution < -0.4 is 19.1 Å². The number of benzene rings is 2. The Balaban J connectivity index is 2.42. The van der Waals surface area contributed by atoms with Gasteiger partial charge in [-0.15, -0.1) is 0 Å². The zero-order chi connectivity index (χ0) is 24.6. The van der Waals surface area contributed by atoms with Gasteiger partial charge in [-0.3, -0.25) is 13.9 Å². The predicted octanol–water partition coefficient (Wildman–Crippen LogP) is 2.02. The number of likely N-dealkylation sites (N-methyl/N-ethyl adjacent to an activating group) is 1. The Bertz CT molecular complexity index is 1060. The molecule has 10 heteroatoms. The molecule has 2 aromatic carbocycles. The number of nitrogens with zero attached hydrogens (tertiary/aromatic N) is 2. The standard InChI is InChI=1S/C23H31N3O6S/c1-6-21(23(28)24-2)25(15-17-10-12-19(31-3)13-11-17)22(27)16-26(33(5,29)30)18-8-7-9-20(14-18)32-4/h7-14,21H,6,15-16H2,1-5H3,(H,24,28). The van der Waals surface area contributed by atoms with Gasteiger partial charge in [0.15, 0.2) is 0 Å². The Kier molecular flexibility index (Phi) is 9.10. The summed E-state index contributed by atoms with van der Waals surface area (Å²) in [6.45, 7) is 1.46. The van der Waals surface area contributed by atoms with Gasteiger partial charge in [0.25, 0.3) is 0 Å². The van der Waals surface area contributed by atoms with Crippen molar-refractivity contribution < 1.29 is 27.5 Å². The third-order valence-electron chi connectivity index (χ3n) is 5.16. The minimum absolute atomic E-state index is 0.129. The van der Waals surface area contributed by atoms with E-state index in [9.17, 15) is 18.0 Å². The molecule has 0 spiro atoms. The molecule has 0 fully saturated rings. The lowest BCUT2D eigenvalue weighted by Crippen LogP contribution is -2.51. The lowest BCUT2D eigenvalue weighted by Gasteiger charge is -2.32. The lowest BCUT2D eigenvalue weighted by molar-refractivity contribution is -0.140. The Hall–Kier alpha value is -3.27. The third kappa shape index (κ3) is 6.85. The minimum Gasteiger partial charge on any atom is -0.497 e. The van der Waals surface area contributed by atoms with Gasteiger partial charge >= 0.3 is 0 Å². The van der Waals surface area contributed by atoms with Crippen LogP contribution in [0.5, 0.6) is 11.5 Å². The Morgan fingerprint density at radius 3 is 2.18 bits per heavy atom. The van der Waals surface area contributed by atoms with Gasteiger partial charge in [-0.05, 0) is 36.2 Å². The number of ether oxygens (including phenoxy) is 2. The van der Waals surface area contributed by atoms with Crippen molar-refractivity contribution >= 4 is 27.5 Å². The molecule has 180 valence electrons.